The first-order valence-corrected chi connectivity index (χ1v) is 7.90. The fraction of sp³-hybridized carbons (Fsp3) is 0.200. The lowest BCUT2D eigenvalue weighted by Crippen LogP contribution is -2.27. The van der Waals surface area contributed by atoms with Crippen LogP contribution in [0.2, 0.25) is 0 Å². The van der Waals surface area contributed by atoms with Gasteiger partial charge in [0.1, 0.15) is 17.9 Å². The smallest absolute Gasteiger partial charge is 0.340 e. The minimum absolute atomic E-state index is 0.116. The number of hydrogen-bond donors (Lipinski definition) is 0. The standard InChI is InChI=1S/C20H18O5/c1-12-15-8-9-17(24-11-14-6-4-3-5-7-14)13(2)19(15)25-20(23)16(12)10-18(21)22/h3-9H,10-11H2,1-2H3,(H,21,22)/p-1. The molecule has 0 unspecified atom stereocenters. The van der Waals surface area contributed by atoms with Gasteiger partial charge in [-0.05, 0) is 37.1 Å². The van der Waals surface area contributed by atoms with Crippen molar-refractivity contribution >= 4 is 16.9 Å². The number of carbonyl (C=O) groups is 1. The number of fused-ring (bicyclic) bond motifs is 1. The molecule has 0 aliphatic rings. The van der Waals surface area contributed by atoms with Crippen LogP contribution in [0.25, 0.3) is 11.0 Å². The molecule has 3 aromatic rings. The zero-order chi connectivity index (χ0) is 18.0. The van der Waals surface area contributed by atoms with Gasteiger partial charge in [-0.3, -0.25) is 0 Å². The Hall–Kier alpha value is -3.08. The van der Waals surface area contributed by atoms with Crippen LogP contribution in [-0.4, -0.2) is 5.97 Å². The number of aliphatic carboxylic acids is 1. The van der Waals surface area contributed by atoms with Crippen LogP contribution in [0, 0.1) is 13.8 Å². The average Bonchev–Trinajstić information content (AvgIpc) is 2.59. The predicted octanol–water partition coefficient (Wildman–Crippen LogP) is 2.28. The van der Waals surface area contributed by atoms with E-state index in [4.69, 9.17) is 9.15 Å². The highest BCUT2D eigenvalue weighted by Gasteiger charge is 2.15. The van der Waals surface area contributed by atoms with E-state index < -0.39 is 18.0 Å². The van der Waals surface area contributed by atoms with E-state index >= 15 is 0 Å². The Morgan fingerprint density at radius 3 is 2.48 bits per heavy atom. The summed E-state index contributed by atoms with van der Waals surface area (Å²) < 4.78 is 11.2. The summed E-state index contributed by atoms with van der Waals surface area (Å²) in [6.45, 7) is 3.92. The Kier molecular flexibility index (Phi) is 4.57. The fourth-order valence-corrected chi connectivity index (χ4v) is 2.81. The normalized spacial score (nSPS) is 10.8. The van der Waals surface area contributed by atoms with Crippen LogP contribution >= 0.6 is 0 Å². The topological polar surface area (TPSA) is 79.6 Å². The van der Waals surface area contributed by atoms with Crippen molar-refractivity contribution in [2.75, 3.05) is 0 Å². The highest BCUT2D eigenvalue weighted by Crippen LogP contribution is 2.30. The van der Waals surface area contributed by atoms with Crippen molar-refractivity contribution < 1.29 is 19.1 Å². The lowest BCUT2D eigenvalue weighted by atomic mass is 10.0. The minimum atomic E-state index is -1.31. The molecule has 2 aromatic carbocycles. The molecule has 3 rings (SSSR count). The number of ether oxygens (including phenoxy) is 1. The monoisotopic (exact) mass is 337 g/mol. The summed E-state index contributed by atoms with van der Waals surface area (Å²) in [4.78, 5) is 23.0. The minimum Gasteiger partial charge on any atom is -0.550 e. The lowest BCUT2D eigenvalue weighted by molar-refractivity contribution is -0.304. The van der Waals surface area contributed by atoms with E-state index in [0.29, 0.717) is 34.5 Å². The molecule has 0 bridgehead atoms. The predicted molar refractivity (Wildman–Crippen MR) is 91.4 cm³/mol. The van der Waals surface area contributed by atoms with Crippen molar-refractivity contribution in [1.29, 1.82) is 0 Å². The molecule has 5 nitrogen and oxygen atoms in total. The second-order valence-electron chi connectivity index (χ2n) is 5.88. The van der Waals surface area contributed by atoms with Gasteiger partial charge in [-0.1, -0.05) is 30.3 Å². The molecule has 0 aliphatic carbocycles. The van der Waals surface area contributed by atoms with Gasteiger partial charge < -0.3 is 19.1 Å². The summed E-state index contributed by atoms with van der Waals surface area (Å²) in [6, 6.07) is 13.3. The SMILES string of the molecule is Cc1c(CC(=O)[O-])c(=O)oc2c(C)c(OCc3ccccc3)ccc12. The van der Waals surface area contributed by atoms with Crippen molar-refractivity contribution in [3.8, 4) is 5.75 Å². The largest absolute Gasteiger partial charge is 0.550 e. The van der Waals surface area contributed by atoms with Crippen LogP contribution in [0.3, 0.4) is 0 Å². The van der Waals surface area contributed by atoms with Gasteiger partial charge in [0, 0.05) is 28.9 Å². The van der Waals surface area contributed by atoms with Gasteiger partial charge in [-0.25, -0.2) is 4.79 Å². The third-order valence-electron chi connectivity index (χ3n) is 4.21. The van der Waals surface area contributed by atoms with E-state index in [9.17, 15) is 14.7 Å². The van der Waals surface area contributed by atoms with Crippen molar-refractivity contribution in [3.63, 3.8) is 0 Å². The number of carboxylic acid groups (broad SMARTS) is 1. The molecule has 25 heavy (non-hydrogen) atoms. The molecule has 0 aliphatic heterocycles. The summed E-state index contributed by atoms with van der Waals surface area (Å²) >= 11 is 0. The summed E-state index contributed by atoms with van der Waals surface area (Å²) in [5, 5.41) is 11.5. The van der Waals surface area contributed by atoms with Gasteiger partial charge in [0.25, 0.3) is 0 Å². The number of rotatable bonds is 5. The Labute approximate surface area is 144 Å². The molecule has 0 spiro atoms. The Balaban J connectivity index is 2.00. The molecule has 128 valence electrons. The fourth-order valence-electron chi connectivity index (χ4n) is 2.81. The first-order chi connectivity index (χ1) is 12.0. The molecule has 1 heterocycles. The van der Waals surface area contributed by atoms with E-state index in [1.54, 1.807) is 19.1 Å². The number of carboxylic acids is 1. The summed E-state index contributed by atoms with van der Waals surface area (Å²) in [7, 11) is 0. The lowest BCUT2D eigenvalue weighted by Gasteiger charge is -2.13. The van der Waals surface area contributed by atoms with Gasteiger partial charge in [0.2, 0.25) is 0 Å². The molecule has 0 atom stereocenters. The molecule has 5 heteroatoms. The number of benzene rings is 2. The number of hydrogen-bond acceptors (Lipinski definition) is 5. The van der Waals surface area contributed by atoms with Crippen LogP contribution in [-0.2, 0) is 17.8 Å². The number of carbonyl (C=O) groups excluding carboxylic acids is 1. The molecular weight excluding hydrogens is 320 g/mol. The third-order valence-corrected chi connectivity index (χ3v) is 4.21. The zero-order valence-corrected chi connectivity index (χ0v) is 14.0. The number of aryl methyl sites for hydroxylation is 2. The van der Waals surface area contributed by atoms with Gasteiger partial charge >= 0.3 is 5.63 Å². The molecule has 1 aromatic heterocycles. The molecular formula is C20H17O5-. The summed E-state index contributed by atoms with van der Waals surface area (Å²) in [6.07, 6.45) is -0.463. The van der Waals surface area contributed by atoms with Gasteiger partial charge in [0.15, 0.2) is 0 Å². The van der Waals surface area contributed by atoms with Crippen molar-refractivity contribution in [3.05, 3.63) is 75.1 Å². The highest BCUT2D eigenvalue weighted by atomic mass is 16.5. The second kappa shape index (κ2) is 6.81. The first-order valence-electron chi connectivity index (χ1n) is 7.90. The van der Waals surface area contributed by atoms with E-state index in [-0.39, 0.29) is 5.56 Å². The first kappa shape index (κ1) is 16.8. The Morgan fingerprint density at radius 1 is 1.08 bits per heavy atom. The van der Waals surface area contributed by atoms with Gasteiger partial charge in [0.05, 0.1) is 0 Å². The molecule has 0 saturated carbocycles. The maximum Gasteiger partial charge on any atom is 0.340 e. The van der Waals surface area contributed by atoms with E-state index in [0.717, 1.165) is 5.56 Å². The summed E-state index contributed by atoms with van der Waals surface area (Å²) in [5.41, 5.74) is 2.20. The average molecular weight is 337 g/mol. The van der Waals surface area contributed by atoms with Crippen LogP contribution in [0.1, 0.15) is 22.3 Å². The van der Waals surface area contributed by atoms with Crippen LogP contribution in [0.15, 0.2) is 51.7 Å². The molecule has 0 N–H and O–H groups in total. The second-order valence-corrected chi connectivity index (χ2v) is 5.88. The molecule has 0 radical (unpaired) electrons. The Bertz CT molecular complexity index is 986. The van der Waals surface area contributed by atoms with Gasteiger partial charge in [-0.15, -0.1) is 0 Å². The third kappa shape index (κ3) is 3.40. The van der Waals surface area contributed by atoms with Crippen LogP contribution < -0.4 is 15.5 Å². The van der Waals surface area contributed by atoms with E-state index in [1.165, 1.54) is 0 Å². The van der Waals surface area contributed by atoms with Crippen molar-refractivity contribution in [2.45, 2.75) is 26.9 Å². The molecule has 0 amide bonds. The van der Waals surface area contributed by atoms with E-state index in [2.05, 4.69) is 0 Å². The highest BCUT2D eigenvalue weighted by molar-refractivity contribution is 5.86. The Morgan fingerprint density at radius 2 is 1.80 bits per heavy atom. The van der Waals surface area contributed by atoms with Crippen molar-refractivity contribution in [1.82, 2.24) is 0 Å². The van der Waals surface area contributed by atoms with Crippen molar-refractivity contribution in [2.24, 2.45) is 0 Å². The quantitative estimate of drug-likeness (QED) is 0.667. The molecule has 0 saturated heterocycles. The van der Waals surface area contributed by atoms with Crippen LogP contribution in [0.5, 0.6) is 5.75 Å². The zero-order valence-electron chi connectivity index (χ0n) is 14.0. The van der Waals surface area contributed by atoms with Crippen LogP contribution in [0.4, 0.5) is 0 Å². The molecule has 0 fully saturated rings. The summed E-state index contributed by atoms with van der Waals surface area (Å²) in [5.74, 6) is -0.694. The van der Waals surface area contributed by atoms with E-state index in [1.807, 2.05) is 37.3 Å². The maximum atomic E-state index is 12.1. The maximum absolute atomic E-state index is 12.1. The van der Waals surface area contributed by atoms with Gasteiger partial charge in [-0.2, -0.15) is 0 Å².